The topological polar surface area (TPSA) is 40.6 Å². The molecule has 4 nitrogen and oxygen atoms in total. The maximum atomic E-state index is 12.7. The molecular weight excluding hydrogens is 368 g/mol. The zero-order valence-electron chi connectivity index (χ0n) is 16.7. The second-order valence-corrected chi connectivity index (χ2v) is 10.0. The Morgan fingerprint density at radius 2 is 1.46 bits per heavy atom. The fourth-order valence-electron chi connectivity index (χ4n) is 4.36. The van der Waals surface area contributed by atoms with E-state index in [1.54, 1.807) is 16.4 Å². The molecule has 0 aliphatic carbocycles. The molecule has 0 saturated carbocycles. The summed E-state index contributed by atoms with van der Waals surface area (Å²) in [7, 11) is -3.34. The molecule has 0 bridgehead atoms. The third-order valence-corrected chi connectivity index (χ3v) is 8.14. The molecule has 2 fully saturated rings. The Bertz CT molecular complexity index is 885. The van der Waals surface area contributed by atoms with Crippen LogP contribution in [0.25, 0.3) is 11.1 Å². The standard InChI is InChI=1S/C23H30N2O2S/c1-19-5-4-15-24(19)18-14-20-6-8-21(9-7-20)22-10-12-23(13-11-22)28(26,27)25-16-2-3-17-25/h6-13,19H,2-5,14-18H2,1H3. The highest BCUT2D eigenvalue weighted by atomic mass is 32.2. The minimum atomic E-state index is -3.34. The predicted octanol–water partition coefficient (Wildman–Crippen LogP) is 4.16. The van der Waals surface area contributed by atoms with Crippen LogP contribution in [0.4, 0.5) is 0 Å². The van der Waals surface area contributed by atoms with E-state index in [2.05, 4.69) is 36.1 Å². The summed E-state index contributed by atoms with van der Waals surface area (Å²) in [5, 5.41) is 0. The molecule has 0 radical (unpaired) electrons. The largest absolute Gasteiger partial charge is 0.300 e. The van der Waals surface area contributed by atoms with Crippen LogP contribution in [0.1, 0.15) is 38.2 Å². The molecule has 2 heterocycles. The summed E-state index contributed by atoms with van der Waals surface area (Å²) in [5.74, 6) is 0. The molecule has 2 aromatic rings. The van der Waals surface area contributed by atoms with E-state index in [4.69, 9.17) is 0 Å². The fraction of sp³-hybridized carbons (Fsp3) is 0.478. The minimum Gasteiger partial charge on any atom is -0.300 e. The van der Waals surface area contributed by atoms with Crippen LogP contribution in [-0.2, 0) is 16.4 Å². The van der Waals surface area contributed by atoms with E-state index in [0.717, 1.165) is 43.0 Å². The van der Waals surface area contributed by atoms with Crippen LogP contribution < -0.4 is 0 Å². The smallest absolute Gasteiger partial charge is 0.243 e. The predicted molar refractivity (Wildman–Crippen MR) is 114 cm³/mol. The van der Waals surface area contributed by atoms with Gasteiger partial charge in [-0.15, -0.1) is 0 Å². The number of rotatable bonds is 6. The molecule has 1 atom stereocenters. The van der Waals surface area contributed by atoms with E-state index in [9.17, 15) is 8.42 Å². The summed E-state index contributed by atoms with van der Waals surface area (Å²) in [4.78, 5) is 2.97. The maximum absolute atomic E-state index is 12.7. The Balaban J connectivity index is 1.41. The summed E-state index contributed by atoms with van der Waals surface area (Å²) < 4.78 is 26.9. The van der Waals surface area contributed by atoms with Crippen LogP contribution >= 0.6 is 0 Å². The number of hydrogen-bond acceptors (Lipinski definition) is 3. The highest BCUT2D eigenvalue weighted by molar-refractivity contribution is 7.89. The maximum Gasteiger partial charge on any atom is 0.243 e. The fourth-order valence-corrected chi connectivity index (χ4v) is 5.88. The van der Waals surface area contributed by atoms with Crippen molar-refractivity contribution < 1.29 is 8.42 Å². The van der Waals surface area contributed by atoms with Gasteiger partial charge in [0.25, 0.3) is 0 Å². The van der Waals surface area contributed by atoms with E-state index < -0.39 is 10.0 Å². The molecule has 0 N–H and O–H groups in total. The van der Waals surface area contributed by atoms with Crippen molar-refractivity contribution in [2.45, 2.75) is 50.0 Å². The Labute approximate surface area is 169 Å². The van der Waals surface area contributed by atoms with Gasteiger partial charge >= 0.3 is 0 Å². The Morgan fingerprint density at radius 1 is 0.857 bits per heavy atom. The first-order chi connectivity index (χ1) is 13.5. The average Bonchev–Trinajstić information content (AvgIpc) is 3.39. The summed E-state index contributed by atoms with van der Waals surface area (Å²) >= 11 is 0. The highest BCUT2D eigenvalue weighted by Gasteiger charge is 2.26. The van der Waals surface area contributed by atoms with E-state index >= 15 is 0 Å². The van der Waals surface area contributed by atoms with E-state index in [1.165, 1.54) is 24.9 Å². The summed E-state index contributed by atoms with van der Waals surface area (Å²) in [6, 6.07) is 16.7. The molecular formula is C23H30N2O2S. The lowest BCUT2D eigenvalue weighted by Crippen LogP contribution is -2.28. The first-order valence-corrected chi connectivity index (χ1v) is 11.9. The summed E-state index contributed by atoms with van der Waals surface area (Å²) in [6.07, 6.45) is 5.64. The van der Waals surface area contributed by atoms with Gasteiger partial charge < -0.3 is 4.90 Å². The van der Waals surface area contributed by atoms with Crippen LogP contribution in [0.2, 0.25) is 0 Å². The SMILES string of the molecule is CC1CCCN1CCc1ccc(-c2ccc(S(=O)(=O)N3CCCC3)cc2)cc1. The van der Waals surface area contributed by atoms with E-state index in [-0.39, 0.29) is 0 Å². The van der Waals surface area contributed by atoms with Gasteiger partial charge in [0, 0.05) is 25.7 Å². The monoisotopic (exact) mass is 398 g/mol. The molecule has 4 rings (SSSR count). The quantitative estimate of drug-likeness (QED) is 0.733. The highest BCUT2D eigenvalue weighted by Crippen LogP contribution is 2.25. The molecule has 5 heteroatoms. The molecule has 0 spiro atoms. The molecule has 0 amide bonds. The zero-order valence-corrected chi connectivity index (χ0v) is 17.5. The second-order valence-electron chi connectivity index (χ2n) is 8.11. The number of sulfonamides is 1. The molecule has 150 valence electrons. The number of nitrogens with zero attached hydrogens (tertiary/aromatic N) is 2. The van der Waals surface area contributed by atoms with Gasteiger partial charge in [0.05, 0.1) is 4.90 Å². The van der Waals surface area contributed by atoms with Crippen molar-refractivity contribution >= 4 is 10.0 Å². The number of benzene rings is 2. The van der Waals surface area contributed by atoms with Crippen molar-refractivity contribution in [1.82, 2.24) is 9.21 Å². The van der Waals surface area contributed by atoms with Crippen LogP contribution in [-0.4, -0.2) is 49.8 Å². The van der Waals surface area contributed by atoms with Crippen LogP contribution in [0, 0.1) is 0 Å². The Hall–Kier alpha value is -1.69. The first-order valence-electron chi connectivity index (χ1n) is 10.5. The van der Waals surface area contributed by atoms with Gasteiger partial charge in [-0.1, -0.05) is 36.4 Å². The normalized spacial score (nSPS) is 21.4. The molecule has 2 aliphatic rings. The lowest BCUT2D eigenvalue weighted by molar-refractivity contribution is 0.272. The average molecular weight is 399 g/mol. The van der Waals surface area contributed by atoms with Crippen molar-refractivity contribution in [3.63, 3.8) is 0 Å². The van der Waals surface area contributed by atoms with Gasteiger partial charge in [-0.25, -0.2) is 8.42 Å². The Morgan fingerprint density at radius 3 is 2.04 bits per heavy atom. The van der Waals surface area contributed by atoms with Gasteiger partial charge in [0.1, 0.15) is 0 Å². The molecule has 2 saturated heterocycles. The van der Waals surface area contributed by atoms with Crippen LogP contribution in [0.3, 0.4) is 0 Å². The van der Waals surface area contributed by atoms with Crippen molar-refractivity contribution in [1.29, 1.82) is 0 Å². The van der Waals surface area contributed by atoms with Crippen molar-refractivity contribution in [2.24, 2.45) is 0 Å². The third-order valence-electron chi connectivity index (χ3n) is 6.22. The molecule has 28 heavy (non-hydrogen) atoms. The molecule has 2 aliphatic heterocycles. The van der Waals surface area contributed by atoms with Gasteiger partial charge in [-0.05, 0) is 74.4 Å². The van der Waals surface area contributed by atoms with Gasteiger partial charge in [-0.3, -0.25) is 0 Å². The third kappa shape index (κ3) is 4.17. The molecule has 2 aromatic carbocycles. The zero-order chi connectivity index (χ0) is 19.6. The Kier molecular flexibility index (Phi) is 5.85. The molecule has 0 aromatic heterocycles. The van der Waals surface area contributed by atoms with Gasteiger partial charge in [-0.2, -0.15) is 4.31 Å². The van der Waals surface area contributed by atoms with E-state index in [1.807, 2.05) is 12.1 Å². The minimum absolute atomic E-state index is 0.398. The van der Waals surface area contributed by atoms with Crippen LogP contribution in [0.5, 0.6) is 0 Å². The lowest BCUT2D eigenvalue weighted by atomic mass is 10.0. The summed E-state index contributed by atoms with van der Waals surface area (Å²) in [5.41, 5.74) is 3.54. The number of likely N-dealkylation sites (tertiary alicyclic amines) is 1. The first kappa shape index (κ1) is 19.6. The van der Waals surface area contributed by atoms with Gasteiger partial charge in [0.15, 0.2) is 0 Å². The van der Waals surface area contributed by atoms with E-state index in [0.29, 0.717) is 18.0 Å². The van der Waals surface area contributed by atoms with Crippen molar-refractivity contribution in [2.75, 3.05) is 26.2 Å². The summed E-state index contributed by atoms with van der Waals surface area (Å²) in [6.45, 7) is 5.96. The second kappa shape index (κ2) is 8.36. The van der Waals surface area contributed by atoms with Gasteiger partial charge in [0.2, 0.25) is 10.0 Å². The lowest BCUT2D eigenvalue weighted by Gasteiger charge is -2.20. The number of hydrogen-bond donors (Lipinski definition) is 0. The van der Waals surface area contributed by atoms with Crippen molar-refractivity contribution in [3.8, 4) is 11.1 Å². The van der Waals surface area contributed by atoms with Crippen LogP contribution in [0.15, 0.2) is 53.4 Å². The van der Waals surface area contributed by atoms with Crippen molar-refractivity contribution in [3.05, 3.63) is 54.1 Å². The molecule has 1 unspecified atom stereocenters.